The van der Waals surface area contributed by atoms with Gasteiger partial charge in [-0.3, -0.25) is 4.79 Å². The molecule has 2 fully saturated rings. The second kappa shape index (κ2) is 6.03. The van der Waals surface area contributed by atoms with Crippen LogP contribution in [0.2, 0.25) is 0 Å². The van der Waals surface area contributed by atoms with Gasteiger partial charge in [-0.05, 0) is 37.9 Å². The molecule has 1 amide bonds. The van der Waals surface area contributed by atoms with Crippen LogP contribution in [0, 0.1) is 5.41 Å². The minimum atomic E-state index is -0.745. The van der Waals surface area contributed by atoms with Crippen LogP contribution in [0.15, 0.2) is 5.16 Å². The van der Waals surface area contributed by atoms with Crippen LogP contribution in [-0.2, 0) is 4.79 Å². The average Bonchev–Trinajstić information content (AvgIpc) is 2.75. The molecule has 2 rings (SSSR count). The lowest BCUT2D eigenvalue weighted by atomic mass is 9.67. The zero-order valence-electron chi connectivity index (χ0n) is 11.4. The Morgan fingerprint density at radius 3 is 2.79 bits per heavy atom. The van der Waals surface area contributed by atoms with Gasteiger partial charge in [0, 0.05) is 11.3 Å². The van der Waals surface area contributed by atoms with Gasteiger partial charge in [-0.25, -0.2) is 0 Å². The molecule has 0 spiro atoms. The molecule has 0 aliphatic heterocycles. The Morgan fingerprint density at radius 1 is 1.53 bits per heavy atom. The van der Waals surface area contributed by atoms with Gasteiger partial charge in [-0.1, -0.05) is 18.5 Å². The van der Waals surface area contributed by atoms with Crippen molar-refractivity contribution in [2.75, 3.05) is 5.75 Å². The van der Waals surface area contributed by atoms with E-state index in [2.05, 4.69) is 17.4 Å². The van der Waals surface area contributed by atoms with Crippen LogP contribution in [0.25, 0.3) is 0 Å². The van der Waals surface area contributed by atoms with E-state index in [1.165, 1.54) is 6.42 Å². The Kier molecular flexibility index (Phi) is 4.60. The summed E-state index contributed by atoms with van der Waals surface area (Å²) < 4.78 is 0. The van der Waals surface area contributed by atoms with E-state index < -0.39 is 5.41 Å². The molecule has 108 valence electrons. The highest BCUT2D eigenvalue weighted by Crippen LogP contribution is 2.42. The van der Waals surface area contributed by atoms with Gasteiger partial charge in [-0.2, -0.15) is 11.8 Å². The fourth-order valence-corrected chi connectivity index (χ4v) is 4.15. The van der Waals surface area contributed by atoms with Crippen molar-refractivity contribution >= 4 is 23.5 Å². The largest absolute Gasteiger partial charge is 0.409 e. The highest BCUT2D eigenvalue weighted by Gasteiger charge is 2.49. The van der Waals surface area contributed by atoms with Crippen molar-refractivity contribution in [1.82, 2.24) is 5.32 Å². The predicted molar refractivity (Wildman–Crippen MR) is 77.4 cm³/mol. The van der Waals surface area contributed by atoms with Gasteiger partial charge in [0.05, 0.1) is 0 Å². The maximum absolute atomic E-state index is 12.4. The molecule has 2 aliphatic carbocycles. The van der Waals surface area contributed by atoms with Crippen LogP contribution in [0.5, 0.6) is 0 Å². The molecule has 2 unspecified atom stereocenters. The molecule has 0 saturated heterocycles. The number of rotatable bonds is 5. The Labute approximate surface area is 118 Å². The van der Waals surface area contributed by atoms with Crippen LogP contribution in [0.1, 0.15) is 45.4 Å². The molecule has 0 aromatic carbocycles. The number of nitrogens with two attached hydrogens (primary N) is 1. The summed E-state index contributed by atoms with van der Waals surface area (Å²) in [6.07, 6.45) is 5.58. The minimum Gasteiger partial charge on any atom is -0.409 e. The van der Waals surface area contributed by atoms with Gasteiger partial charge >= 0.3 is 0 Å². The van der Waals surface area contributed by atoms with Crippen molar-refractivity contribution in [2.45, 2.75) is 56.7 Å². The van der Waals surface area contributed by atoms with Crippen molar-refractivity contribution in [2.24, 2.45) is 16.3 Å². The normalized spacial score (nSPS) is 29.8. The monoisotopic (exact) mass is 285 g/mol. The number of hydrogen-bond donors (Lipinski definition) is 3. The minimum absolute atomic E-state index is 0.0544. The molecule has 0 heterocycles. The van der Waals surface area contributed by atoms with Crippen LogP contribution in [0.4, 0.5) is 0 Å². The van der Waals surface area contributed by atoms with Crippen molar-refractivity contribution in [3.05, 3.63) is 0 Å². The standard InChI is InChI=1S/C13H23N3O2S/c1-2-19-10-5-4-9(8-10)15-12(17)13(6-3-7-13)11(14)16-18/h9-10,18H,2-8H2,1H3,(H2,14,16)(H,15,17). The predicted octanol–water partition coefficient (Wildman–Crippen LogP) is 1.69. The third-order valence-corrected chi connectivity index (χ3v) is 5.59. The maximum Gasteiger partial charge on any atom is 0.234 e. The first-order valence-electron chi connectivity index (χ1n) is 7.03. The molecule has 0 bridgehead atoms. The zero-order valence-corrected chi connectivity index (χ0v) is 12.2. The smallest absolute Gasteiger partial charge is 0.234 e. The van der Waals surface area contributed by atoms with Gasteiger partial charge < -0.3 is 16.3 Å². The molecule has 2 atom stereocenters. The third kappa shape index (κ3) is 2.83. The fraction of sp³-hybridized carbons (Fsp3) is 0.846. The molecular formula is C13H23N3O2S. The second-order valence-electron chi connectivity index (χ2n) is 5.48. The summed E-state index contributed by atoms with van der Waals surface area (Å²) >= 11 is 1.97. The fourth-order valence-electron chi connectivity index (χ4n) is 3.01. The summed E-state index contributed by atoms with van der Waals surface area (Å²) in [5, 5.41) is 15.7. The van der Waals surface area contributed by atoms with Crippen molar-refractivity contribution in [3.63, 3.8) is 0 Å². The molecule has 0 aromatic rings. The molecule has 5 nitrogen and oxygen atoms in total. The van der Waals surface area contributed by atoms with Gasteiger partial charge in [0.15, 0.2) is 5.84 Å². The van der Waals surface area contributed by atoms with E-state index in [0.717, 1.165) is 25.0 Å². The first-order valence-corrected chi connectivity index (χ1v) is 8.08. The quantitative estimate of drug-likeness (QED) is 0.310. The van der Waals surface area contributed by atoms with Crippen LogP contribution >= 0.6 is 11.8 Å². The van der Waals surface area contributed by atoms with Crippen LogP contribution < -0.4 is 11.1 Å². The van der Waals surface area contributed by atoms with Gasteiger partial charge in [0.25, 0.3) is 0 Å². The molecular weight excluding hydrogens is 262 g/mol. The number of amides is 1. The Bertz CT molecular complexity index is 369. The lowest BCUT2D eigenvalue weighted by Crippen LogP contribution is -2.55. The Balaban J connectivity index is 1.91. The Morgan fingerprint density at radius 2 is 2.26 bits per heavy atom. The molecule has 2 aliphatic rings. The number of hydrogen-bond acceptors (Lipinski definition) is 4. The first kappa shape index (κ1) is 14.5. The zero-order chi connectivity index (χ0) is 13.9. The highest BCUT2D eigenvalue weighted by atomic mass is 32.2. The second-order valence-corrected chi connectivity index (χ2v) is 7.06. The maximum atomic E-state index is 12.4. The third-order valence-electron chi connectivity index (χ3n) is 4.36. The number of oxime groups is 1. The molecule has 19 heavy (non-hydrogen) atoms. The van der Waals surface area contributed by atoms with E-state index in [-0.39, 0.29) is 17.8 Å². The molecule has 0 radical (unpaired) electrons. The number of amidine groups is 1. The summed E-state index contributed by atoms with van der Waals surface area (Å²) in [7, 11) is 0. The topological polar surface area (TPSA) is 87.7 Å². The molecule has 4 N–H and O–H groups in total. The summed E-state index contributed by atoms with van der Waals surface area (Å²) in [6.45, 7) is 2.17. The number of nitrogens with one attached hydrogen (secondary N) is 1. The van der Waals surface area contributed by atoms with Gasteiger partial charge in [0.2, 0.25) is 5.91 Å². The highest BCUT2D eigenvalue weighted by molar-refractivity contribution is 7.99. The van der Waals surface area contributed by atoms with Crippen molar-refractivity contribution in [1.29, 1.82) is 0 Å². The number of carbonyl (C=O) groups excluding carboxylic acids is 1. The Hall–Kier alpha value is -0.910. The molecule has 2 saturated carbocycles. The summed E-state index contributed by atoms with van der Waals surface area (Å²) in [5.41, 5.74) is 4.95. The summed E-state index contributed by atoms with van der Waals surface area (Å²) in [5.74, 6) is 1.13. The van der Waals surface area contributed by atoms with Crippen molar-refractivity contribution in [3.8, 4) is 0 Å². The lowest BCUT2D eigenvalue weighted by Gasteiger charge is -2.39. The van der Waals surface area contributed by atoms with E-state index in [1.54, 1.807) is 0 Å². The van der Waals surface area contributed by atoms with E-state index in [4.69, 9.17) is 10.9 Å². The lowest BCUT2D eigenvalue weighted by molar-refractivity contribution is -0.131. The van der Waals surface area contributed by atoms with Crippen LogP contribution in [-0.4, -0.2) is 34.0 Å². The number of thioether (sulfide) groups is 1. The number of nitrogens with zero attached hydrogens (tertiary/aromatic N) is 1. The van der Waals surface area contributed by atoms with Gasteiger partial charge in [0.1, 0.15) is 5.41 Å². The average molecular weight is 285 g/mol. The first-order chi connectivity index (χ1) is 9.12. The van der Waals surface area contributed by atoms with Crippen LogP contribution in [0.3, 0.4) is 0 Å². The van der Waals surface area contributed by atoms with E-state index in [0.29, 0.717) is 18.1 Å². The summed E-state index contributed by atoms with van der Waals surface area (Å²) in [6, 6.07) is 0.250. The van der Waals surface area contributed by atoms with E-state index in [1.807, 2.05) is 11.8 Å². The van der Waals surface area contributed by atoms with Crippen molar-refractivity contribution < 1.29 is 10.0 Å². The summed E-state index contributed by atoms with van der Waals surface area (Å²) in [4.78, 5) is 12.4. The SMILES string of the molecule is CCSC1CCC(NC(=O)C2(C(N)=NO)CCC2)C1. The van der Waals surface area contributed by atoms with E-state index in [9.17, 15) is 4.79 Å². The molecule has 6 heteroatoms. The number of carbonyl (C=O) groups is 1. The molecule has 0 aromatic heterocycles. The van der Waals surface area contributed by atoms with Gasteiger partial charge in [-0.15, -0.1) is 0 Å². The van der Waals surface area contributed by atoms with E-state index >= 15 is 0 Å².